The summed E-state index contributed by atoms with van der Waals surface area (Å²) in [7, 11) is 0.338. The molecule has 1 aromatic rings. The number of rotatable bonds is 7. The zero-order valence-corrected chi connectivity index (χ0v) is 19.3. The highest BCUT2D eigenvalue weighted by atomic mass is 127. The summed E-state index contributed by atoms with van der Waals surface area (Å²) in [5.74, 6) is 1.74. The molecule has 1 fully saturated rings. The largest absolute Gasteiger partial charge is 0.495 e. The van der Waals surface area contributed by atoms with E-state index in [-0.39, 0.29) is 24.0 Å². The first-order valence-electron chi connectivity index (χ1n) is 8.73. The Balaban J connectivity index is 0.00000364. The lowest BCUT2D eigenvalue weighted by Crippen LogP contribution is -2.52. The second kappa shape index (κ2) is 11.5. The number of hydrogen-bond donors (Lipinski definition) is 2. The normalized spacial score (nSPS) is 15.3. The van der Waals surface area contributed by atoms with Gasteiger partial charge in [-0.25, -0.2) is 13.1 Å². The van der Waals surface area contributed by atoms with Gasteiger partial charge < -0.3 is 19.9 Å². The topological polar surface area (TPSA) is 86.3 Å². The van der Waals surface area contributed by atoms with Crippen molar-refractivity contribution in [2.45, 2.75) is 6.42 Å². The van der Waals surface area contributed by atoms with Crippen LogP contribution in [-0.4, -0.2) is 79.0 Å². The SMILES string of the molecule is CN=C(NCCCNS(C)(=O)=O)N1CCN(c2ccccc2OC)CC1.I. The molecule has 1 saturated heterocycles. The van der Waals surface area contributed by atoms with Gasteiger partial charge in [-0.2, -0.15) is 0 Å². The van der Waals surface area contributed by atoms with Crippen LogP contribution >= 0.6 is 24.0 Å². The van der Waals surface area contributed by atoms with E-state index < -0.39 is 10.0 Å². The van der Waals surface area contributed by atoms with Crippen LogP contribution in [0.1, 0.15) is 6.42 Å². The zero-order chi connectivity index (χ0) is 19.0. The summed E-state index contributed by atoms with van der Waals surface area (Å²) in [4.78, 5) is 8.88. The monoisotopic (exact) mass is 511 g/mol. The van der Waals surface area contributed by atoms with Crippen molar-refractivity contribution >= 4 is 45.6 Å². The van der Waals surface area contributed by atoms with Crippen molar-refractivity contribution in [2.75, 3.05) is 64.6 Å². The number of para-hydroxylation sites is 2. The van der Waals surface area contributed by atoms with E-state index in [1.165, 1.54) is 6.26 Å². The molecule has 1 heterocycles. The van der Waals surface area contributed by atoms with Crippen LogP contribution in [0.5, 0.6) is 5.75 Å². The van der Waals surface area contributed by atoms with Gasteiger partial charge in [0.1, 0.15) is 5.75 Å². The average molecular weight is 511 g/mol. The number of benzene rings is 1. The molecular formula is C17H30IN5O3S. The van der Waals surface area contributed by atoms with Gasteiger partial charge in [-0.3, -0.25) is 4.99 Å². The number of anilines is 1. The second-order valence-corrected chi connectivity index (χ2v) is 7.97. The van der Waals surface area contributed by atoms with Gasteiger partial charge in [0.05, 0.1) is 19.1 Å². The first-order chi connectivity index (χ1) is 12.4. The number of guanidine groups is 1. The highest BCUT2D eigenvalue weighted by Crippen LogP contribution is 2.28. The molecule has 0 radical (unpaired) electrons. The van der Waals surface area contributed by atoms with Gasteiger partial charge in [-0.05, 0) is 18.6 Å². The Hall–Kier alpha value is -1.27. The van der Waals surface area contributed by atoms with Crippen molar-refractivity contribution in [1.29, 1.82) is 0 Å². The van der Waals surface area contributed by atoms with Gasteiger partial charge in [0.2, 0.25) is 10.0 Å². The number of ether oxygens (including phenoxy) is 1. The van der Waals surface area contributed by atoms with Gasteiger partial charge in [-0.1, -0.05) is 12.1 Å². The number of nitrogens with one attached hydrogen (secondary N) is 2. The maximum absolute atomic E-state index is 11.0. The van der Waals surface area contributed by atoms with Crippen molar-refractivity contribution in [3.05, 3.63) is 24.3 Å². The lowest BCUT2D eigenvalue weighted by Gasteiger charge is -2.38. The minimum atomic E-state index is -3.12. The molecule has 2 rings (SSSR count). The van der Waals surface area contributed by atoms with E-state index in [1.807, 2.05) is 18.2 Å². The van der Waals surface area contributed by atoms with E-state index in [4.69, 9.17) is 4.74 Å². The maximum Gasteiger partial charge on any atom is 0.208 e. The quantitative estimate of drug-likeness (QED) is 0.246. The summed E-state index contributed by atoms with van der Waals surface area (Å²) in [6, 6.07) is 8.06. The van der Waals surface area contributed by atoms with Crippen LogP contribution < -0.4 is 19.7 Å². The Kier molecular flexibility index (Phi) is 10.2. The van der Waals surface area contributed by atoms with Gasteiger partial charge in [0.25, 0.3) is 0 Å². The molecule has 1 aliphatic heterocycles. The van der Waals surface area contributed by atoms with Gasteiger partial charge in [0, 0.05) is 46.3 Å². The molecule has 0 aliphatic carbocycles. The number of halogens is 1. The van der Waals surface area contributed by atoms with Crippen molar-refractivity contribution in [3.63, 3.8) is 0 Å². The number of hydrogen-bond acceptors (Lipinski definition) is 5. The standard InChI is InChI=1S/C17H29N5O3S.HI/c1-18-17(19-9-6-10-20-26(3,23)24)22-13-11-21(12-14-22)15-7-4-5-8-16(15)25-2;/h4-5,7-8,20H,6,9-14H2,1-3H3,(H,18,19);1H. The molecule has 27 heavy (non-hydrogen) atoms. The van der Waals surface area contributed by atoms with Crippen LogP contribution in [-0.2, 0) is 10.0 Å². The molecule has 0 unspecified atom stereocenters. The third kappa shape index (κ3) is 7.70. The number of sulfonamides is 1. The third-order valence-corrected chi connectivity index (χ3v) is 4.95. The lowest BCUT2D eigenvalue weighted by molar-refractivity contribution is 0.367. The summed E-state index contributed by atoms with van der Waals surface area (Å²) >= 11 is 0. The zero-order valence-electron chi connectivity index (χ0n) is 16.1. The van der Waals surface area contributed by atoms with Crippen LogP contribution in [0.4, 0.5) is 5.69 Å². The minimum absolute atomic E-state index is 0. The molecule has 8 nitrogen and oxygen atoms in total. The second-order valence-electron chi connectivity index (χ2n) is 6.14. The van der Waals surface area contributed by atoms with E-state index >= 15 is 0 Å². The minimum Gasteiger partial charge on any atom is -0.495 e. The van der Waals surface area contributed by atoms with Crippen molar-refractivity contribution in [3.8, 4) is 5.75 Å². The highest BCUT2D eigenvalue weighted by molar-refractivity contribution is 14.0. The first-order valence-corrected chi connectivity index (χ1v) is 10.6. The molecule has 0 bridgehead atoms. The average Bonchev–Trinajstić information content (AvgIpc) is 2.64. The highest BCUT2D eigenvalue weighted by Gasteiger charge is 2.21. The Bertz CT molecular complexity index is 706. The number of piperazine rings is 1. The molecule has 1 aliphatic rings. The Morgan fingerprint density at radius 3 is 2.44 bits per heavy atom. The van der Waals surface area contributed by atoms with Crippen LogP contribution in [0.3, 0.4) is 0 Å². The first kappa shape index (κ1) is 23.8. The number of methoxy groups -OCH3 is 1. The molecule has 0 saturated carbocycles. The van der Waals surface area contributed by atoms with Gasteiger partial charge in [0.15, 0.2) is 5.96 Å². The fourth-order valence-corrected chi connectivity index (χ4v) is 3.44. The number of aliphatic imine (C=N–C) groups is 1. The maximum atomic E-state index is 11.0. The van der Waals surface area contributed by atoms with Crippen LogP contribution in [0.15, 0.2) is 29.3 Å². The molecule has 0 atom stereocenters. The predicted molar refractivity (Wildman–Crippen MR) is 121 cm³/mol. The molecular weight excluding hydrogens is 481 g/mol. The van der Waals surface area contributed by atoms with Crippen LogP contribution in [0.2, 0.25) is 0 Å². The van der Waals surface area contributed by atoms with Crippen molar-refractivity contribution in [1.82, 2.24) is 14.9 Å². The lowest BCUT2D eigenvalue weighted by atomic mass is 10.2. The predicted octanol–water partition coefficient (Wildman–Crippen LogP) is 0.950. The Morgan fingerprint density at radius 2 is 1.85 bits per heavy atom. The van der Waals surface area contributed by atoms with E-state index in [0.717, 1.165) is 43.6 Å². The molecule has 0 aromatic heterocycles. The molecule has 0 spiro atoms. The van der Waals surface area contributed by atoms with Crippen molar-refractivity contribution in [2.24, 2.45) is 4.99 Å². The Morgan fingerprint density at radius 1 is 1.19 bits per heavy atom. The van der Waals surface area contributed by atoms with Gasteiger partial charge >= 0.3 is 0 Å². The summed E-state index contributed by atoms with van der Waals surface area (Å²) in [6.07, 6.45) is 1.87. The smallest absolute Gasteiger partial charge is 0.208 e. The number of nitrogens with zero attached hydrogens (tertiary/aromatic N) is 3. The fourth-order valence-electron chi connectivity index (χ4n) is 2.93. The van der Waals surface area contributed by atoms with Crippen molar-refractivity contribution < 1.29 is 13.2 Å². The molecule has 10 heteroatoms. The van der Waals surface area contributed by atoms with E-state index in [2.05, 4.69) is 30.9 Å². The fraction of sp³-hybridized carbons (Fsp3) is 0.588. The summed E-state index contributed by atoms with van der Waals surface area (Å²) in [6.45, 7) is 4.58. The third-order valence-electron chi connectivity index (χ3n) is 4.22. The van der Waals surface area contributed by atoms with Crippen LogP contribution in [0, 0.1) is 0 Å². The molecule has 154 valence electrons. The van der Waals surface area contributed by atoms with E-state index in [0.29, 0.717) is 19.5 Å². The van der Waals surface area contributed by atoms with Crippen LogP contribution in [0.25, 0.3) is 0 Å². The molecule has 1 aromatic carbocycles. The molecule has 0 amide bonds. The Labute approximate surface area is 179 Å². The summed E-state index contributed by atoms with van der Waals surface area (Å²) < 4.78 is 30.0. The van der Waals surface area contributed by atoms with E-state index in [1.54, 1.807) is 14.2 Å². The summed E-state index contributed by atoms with van der Waals surface area (Å²) in [5.41, 5.74) is 1.12. The molecule has 2 N–H and O–H groups in total. The summed E-state index contributed by atoms with van der Waals surface area (Å²) in [5, 5.41) is 3.30. The van der Waals surface area contributed by atoms with E-state index in [9.17, 15) is 8.42 Å². The van der Waals surface area contributed by atoms with Gasteiger partial charge in [-0.15, -0.1) is 24.0 Å².